The second kappa shape index (κ2) is 4.51. The number of hydrogen-bond donors (Lipinski definition) is 2. The van der Waals surface area contributed by atoms with Crippen molar-refractivity contribution in [3.63, 3.8) is 0 Å². The zero-order valence-corrected chi connectivity index (χ0v) is 9.10. The van der Waals surface area contributed by atoms with E-state index >= 15 is 0 Å². The van der Waals surface area contributed by atoms with Gasteiger partial charge in [-0.25, -0.2) is 4.98 Å². The van der Waals surface area contributed by atoms with Crippen LogP contribution in [0.3, 0.4) is 0 Å². The van der Waals surface area contributed by atoms with E-state index in [1.807, 2.05) is 12.1 Å². The number of nitrogens with zero attached hydrogens (tertiary/aromatic N) is 1. The molecule has 4 heteroatoms. The number of carbonyl (C=O) groups is 1. The average molecular weight is 220 g/mol. The summed E-state index contributed by atoms with van der Waals surface area (Å²) in [6.45, 7) is 0. The molecule has 3 N–H and O–H groups in total. The largest absolute Gasteiger partial charge is 0.481 e. The Morgan fingerprint density at radius 2 is 2.38 bits per heavy atom. The first-order chi connectivity index (χ1) is 7.66. The smallest absolute Gasteiger partial charge is 0.306 e. The van der Waals surface area contributed by atoms with Crippen LogP contribution >= 0.6 is 0 Å². The Balaban J connectivity index is 2.06. The molecule has 2 atom stereocenters. The minimum absolute atomic E-state index is 0.186. The maximum Gasteiger partial charge on any atom is 0.306 e. The number of nitrogens with two attached hydrogens (primary N) is 1. The van der Waals surface area contributed by atoms with Gasteiger partial charge in [-0.3, -0.25) is 4.79 Å². The monoisotopic (exact) mass is 220 g/mol. The SMILES string of the molecule is Nc1cc(CC2CCCC2C(=O)O)ccn1. The predicted octanol–water partition coefficient (Wildman–Crippen LogP) is 1.71. The van der Waals surface area contributed by atoms with Crippen molar-refractivity contribution in [2.75, 3.05) is 5.73 Å². The first-order valence-corrected chi connectivity index (χ1v) is 5.60. The molecule has 0 saturated heterocycles. The molecular formula is C12H16N2O2. The molecule has 1 aromatic rings. The molecule has 0 spiro atoms. The molecule has 0 amide bonds. The fraction of sp³-hybridized carbons (Fsp3) is 0.500. The summed E-state index contributed by atoms with van der Waals surface area (Å²) >= 11 is 0. The lowest BCUT2D eigenvalue weighted by Gasteiger charge is -2.15. The van der Waals surface area contributed by atoms with Crippen LogP contribution in [0.15, 0.2) is 18.3 Å². The molecule has 1 heterocycles. The van der Waals surface area contributed by atoms with Crippen LogP contribution in [0.25, 0.3) is 0 Å². The van der Waals surface area contributed by atoms with E-state index in [-0.39, 0.29) is 11.8 Å². The van der Waals surface area contributed by atoms with Crippen molar-refractivity contribution < 1.29 is 9.90 Å². The molecule has 0 aliphatic heterocycles. The topological polar surface area (TPSA) is 76.2 Å². The van der Waals surface area contributed by atoms with Crippen LogP contribution in [0, 0.1) is 11.8 Å². The van der Waals surface area contributed by atoms with E-state index in [0.717, 1.165) is 31.2 Å². The van der Waals surface area contributed by atoms with Gasteiger partial charge in [0.1, 0.15) is 5.82 Å². The van der Waals surface area contributed by atoms with Crippen molar-refractivity contribution in [2.24, 2.45) is 11.8 Å². The first-order valence-electron chi connectivity index (χ1n) is 5.60. The summed E-state index contributed by atoms with van der Waals surface area (Å²) in [5, 5.41) is 9.08. The van der Waals surface area contributed by atoms with Crippen molar-refractivity contribution in [2.45, 2.75) is 25.7 Å². The second-order valence-electron chi connectivity index (χ2n) is 4.43. The molecule has 1 aliphatic carbocycles. The third-order valence-electron chi connectivity index (χ3n) is 3.32. The van der Waals surface area contributed by atoms with Gasteiger partial charge in [-0.05, 0) is 42.9 Å². The summed E-state index contributed by atoms with van der Waals surface area (Å²) in [4.78, 5) is 15.0. The highest BCUT2D eigenvalue weighted by atomic mass is 16.4. The van der Waals surface area contributed by atoms with Crippen molar-refractivity contribution in [1.29, 1.82) is 0 Å². The van der Waals surface area contributed by atoms with E-state index in [1.54, 1.807) is 6.20 Å². The zero-order valence-electron chi connectivity index (χ0n) is 9.10. The molecule has 1 saturated carbocycles. The number of rotatable bonds is 3. The second-order valence-corrected chi connectivity index (χ2v) is 4.43. The minimum Gasteiger partial charge on any atom is -0.481 e. The molecule has 1 fully saturated rings. The van der Waals surface area contributed by atoms with Crippen molar-refractivity contribution in [3.8, 4) is 0 Å². The molecule has 4 nitrogen and oxygen atoms in total. The Bertz CT molecular complexity index is 392. The quantitative estimate of drug-likeness (QED) is 0.813. The number of aliphatic carboxylic acids is 1. The lowest BCUT2D eigenvalue weighted by molar-refractivity contribution is -0.142. The van der Waals surface area contributed by atoms with Gasteiger partial charge < -0.3 is 10.8 Å². The number of pyridine rings is 1. The van der Waals surface area contributed by atoms with Gasteiger partial charge in [0.2, 0.25) is 0 Å². The van der Waals surface area contributed by atoms with Crippen LogP contribution in [0.5, 0.6) is 0 Å². The van der Waals surface area contributed by atoms with Crippen LogP contribution < -0.4 is 5.73 Å². The average Bonchev–Trinajstić information content (AvgIpc) is 2.66. The van der Waals surface area contributed by atoms with E-state index in [4.69, 9.17) is 10.8 Å². The lowest BCUT2D eigenvalue weighted by atomic mass is 9.90. The normalized spacial score (nSPS) is 24.5. The highest BCUT2D eigenvalue weighted by Gasteiger charge is 2.32. The van der Waals surface area contributed by atoms with Crippen molar-refractivity contribution >= 4 is 11.8 Å². The van der Waals surface area contributed by atoms with E-state index < -0.39 is 5.97 Å². The zero-order chi connectivity index (χ0) is 11.5. The molecule has 2 unspecified atom stereocenters. The summed E-state index contributed by atoms with van der Waals surface area (Å²) in [5.41, 5.74) is 6.69. The summed E-state index contributed by atoms with van der Waals surface area (Å²) < 4.78 is 0. The highest BCUT2D eigenvalue weighted by Crippen LogP contribution is 2.34. The van der Waals surface area contributed by atoms with Crippen LogP contribution in [-0.2, 0) is 11.2 Å². The van der Waals surface area contributed by atoms with Gasteiger partial charge in [0.05, 0.1) is 5.92 Å². The summed E-state index contributed by atoms with van der Waals surface area (Å²) in [7, 11) is 0. The van der Waals surface area contributed by atoms with Crippen LogP contribution in [-0.4, -0.2) is 16.1 Å². The summed E-state index contributed by atoms with van der Waals surface area (Å²) in [6.07, 6.45) is 5.29. The molecule has 86 valence electrons. The molecule has 0 bridgehead atoms. The van der Waals surface area contributed by atoms with Gasteiger partial charge in [-0.15, -0.1) is 0 Å². The van der Waals surface area contributed by atoms with E-state index in [1.165, 1.54) is 0 Å². The lowest BCUT2D eigenvalue weighted by Crippen LogP contribution is -2.20. The fourth-order valence-corrected chi connectivity index (χ4v) is 2.53. The van der Waals surface area contributed by atoms with Crippen LogP contribution in [0.4, 0.5) is 5.82 Å². The Morgan fingerprint density at radius 3 is 3.06 bits per heavy atom. The molecular weight excluding hydrogens is 204 g/mol. The number of aromatic nitrogens is 1. The Hall–Kier alpha value is -1.58. The number of anilines is 1. The van der Waals surface area contributed by atoms with Gasteiger partial charge >= 0.3 is 5.97 Å². The van der Waals surface area contributed by atoms with E-state index in [0.29, 0.717) is 5.82 Å². The van der Waals surface area contributed by atoms with Gasteiger partial charge in [-0.2, -0.15) is 0 Å². The van der Waals surface area contributed by atoms with Crippen LogP contribution in [0.2, 0.25) is 0 Å². The predicted molar refractivity (Wildman–Crippen MR) is 60.8 cm³/mol. The fourth-order valence-electron chi connectivity index (χ4n) is 2.53. The first kappa shape index (κ1) is 10.9. The van der Waals surface area contributed by atoms with Gasteiger partial charge in [0.25, 0.3) is 0 Å². The minimum atomic E-state index is -0.662. The number of hydrogen-bond acceptors (Lipinski definition) is 3. The third-order valence-corrected chi connectivity index (χ3v) is 3.32. The Kier molecular flexibility index (Phi) is 3.08. The molecule has 0 aromatic carbocycles. The van der Waals surface area contributed by atoms with Gasteiger partial charge in [0, 0.05) is 6.20 Å². The maximum absolute atomic E-state index is 11.0. The maximum atomic E-state index is 11.0. The summed E-state index contributed by atoms with van der Waals surface area (Å²) in [6, 6.07) is 3.74. The molecule has 2 rings (SSSR count). The third kappa shape index (κ3) is 2.32. The molecule has 1 aromatic heterocycles. The van der Waals surface area contributed by atoms with Gasteiger partial charge in [-0.1, -0.05) is 6.42 Å². The van der Waals surface area contributed by atoms with E-state index in [9.17, 15) is 4.79 Å². The number of nitrogen functional groups attached to an aromatic ring is 1. The molecule has 1 aliphatic rings. The van der Waals surface area contributed by atoms with Crippen LogP contribution in [0.1, 0.15) is 24.8 Å². The van der Waals surface area contributed by atoms with Gasteiger partial charge in [0.15, 0.2) is 0 Å². The number of carboxylic acid groups (broad SMARTS) is 1. The Labute approximate surface area is 94.5 Å². The Morgan fingerprint density at radius 1 is 1.56 bits per heavy atom. The summed E-state index contributed by atoms with van der Waals surface area (Å²) in [5.74, 6) is -0.0967. The standard InChI is InChI=1S/C12H16N2O2/c13-11-7-8(4-5-14-11)6-9-2-1-3-10(9)12(15)16/h4-5,7,9-10H,1-3,6H2,(H2,13,14)(H,15,16). The van der Waals surface area contributed by atoms with E-state index in [2.05, 4.69) is 4.98 Å². The number of carboxylic acids is 1. The van der Waals surface area contributed by atoms with Crippen molar-refractivity contribution in [3.05, 3.63) is 23.9 Å². The van der Waals surface area contributed by atoms with Crippen molar-refractivity contribution in [1.82, 2.24) is 4.98 Å². The molecule has 16 heavy (non-hydrogen) atoms. The molecule has 0 radical (unpaired) electrons. The highest BCUT2D eigenvalue weighted by molar-refractivity contribution is 5.70.